The molecule has 0 heterocycles. The number of thioether (sulfide) groups is 1. The normalized spacial score (nSPS) is 11.8. The van der Waals surface area contributed by atoms with Gasteiger partial charge in [0, 0.05) is 12.4 Å². The topological polar surface area (TPSA) is 12.0 Å². The van der Waals surface area contributed by atoms with Crippen molar-refractivity contribution in [2.45, 2.75) is 40.7 Å². The third-order valence-corrected chi connectivity index (χ3v) is 3.28. The molecule has 96 valence electrons. The predicted molar refractivity (Wildman–Crippen MR) is 79.4 cm³/mol. The maximum Gasteiger partial charge on any atom is 0.0420 e. The SMILES string of the molecule is CCSCNCc1cccc(CC(C)(C)C)c1. The van der Waals surface area contributed by atoms with Gasteiger partial charge in [-0.05, 0) is 28.7 Å². The Labute approximate surface area is 110 Å². The summed E-state index contributed by atoms with van der Waals surface area (Å²) < 4.78 is 0. The molecule has 0 saturated carbocycles. The summed E-state index contributed by atoms with van der Waals surface area (Å²) in [6.07, 6.45) is 1.14. The van der Waals surface area contributed by atoms with Crippen molar-refractivity contribution in [1.82, 2.24) is 5.32 Å². The van der Waals surface area contributed by atoms with Crippen LogP contribution in [-0.4, -0.2) is 11.6 Å². The average Bonchev–Trinajstić information content (AvgIpc) is 2.23. The first-order valence-corrected chi connectivity index (χ1v) is 7.53. The number of benzene rings is 1. The van der Waals surface area contributed by atoms with E-state index >= 15 is 0 Å². The molecule has 1 aromatic carbocycles. The van der Waals surface area contributed by atoms with Crippen LogP contribution in [0.1, 0.15) is 38.8 Å². The lowest BCUT2D eigenvalue weighted by Gasteiger charge is -2.18. The lowest BCUT2D eigenvalue weighted by Crippen LogP contribution is -2.13. The zero-order chi connectivity index (χ0) is 12.7. The first-order valence-electron chi connectivity index (χ1n) is 6.37. The van der Waals surface area contributed by atoms with E-state index in [2.05, 4.69) is 57.3 Å². The molecule has 1 rings (SSSR count). The Bertz CT molecular complexity index is 328. The van der Waals surface area contributed by atoms with E-state index in [1.54, 1.807) is 0 Å². The Balaban J connectivity index is 2.48. The quantitative estimate of drug-likeness (QED) is 0.604. The third kappa shape index (κ3) is 6.75. The summed E-state index contributed by atoms with van der Waals surface area (Å²) in [6.45, 7) is 10.0. The van der Waals surface area contributed by atoms with E-state index in [9.17, 15) is 0 Å². The molecule has 0 saturated heterocycles. The highest BCUT2D eigenvalue weighted by Gasteiger charge is 2.11. The number of rotatable bonds is 6. The number of nitrogens with one attached hydrogen (secondary N) is 1. The van der Waals surface area contributed by atoms with Gasteiger partial charge in [-0.25, -0.2) is 0 Å². The van der Waals surface area contributed by atoms with E-state index in [1.807, 2.05) is 11.8 Å². The fourth-order valence-electron chi connectivity index (χ4n) is 1.83. The van der Waals surface area contributed by atoms with Crippen molar-refractivity contribution < 1.29 is 0 Å². The zero-order valence-corrected chi connectivity index (χ0v) is 12.4. The molecule has 0 unspecified atom stereocenters. The van der Waals surface area contributed by atoms with E-state index < -0.39 is 0 Å². The highest BCUT2D eigenvalue weighted by molar-refractivity contribution is 7.99. The van der Waals surface area contributed by atoms with Gasteiger partial charge < -0.3 is 5.32 Å². The molecule has 0 aliphatic carbocycles. The van der Waals surface area contributed by atoms with Gasteiger partial charge in [0.05, 0.1) is 0 Å². The summed E-state index contributed by atoms with van der Waals surface area (Å²) >= 11 is 1.93. The Kier molecular flexibility index (Phi) is 6.07. The van der Waals surface area contributed by atoms with E-state index in [-0.39, 0.29) is 0 Å². The largest absolute Gasteiger partial charge is 0.304 e. The molecule has 2 heteroatoms. The maximum atomic E-state index is 3.46. The first kappa shape index (κ1) is 14.6. The highest BCUT2D eigenvalue weighted by atomic mass is 32.2. The van der Waals surface area contributed by atoms with Crippen LogP contribution < -0.4 is 5.32 Å². The van der Waals surface area contributed by atoms with Crippen molar-refractivity contribution in [1.29, 1.82) is 0 Å². The Hall–Kier alpha value is -0.470. The summed E-state index contributed by atoms with van der Waals surface area (Å²) in [4.78, 5) is 0. The van der Waals surface area contributed by atoms with Gasteiger partial charge in [-0.3, -0.25) is 0 Å². The second-order valence-electron chi connectivity index (χ2n) is 5.62. The Morgan fingerprint density at radius 2 is 1.88 bits per heavy atom. The third-order valence-electron chi connectivity index (χ3n) is 2.46. The second kappa shape index (κ2) is 7.07. The van der Waals surface area contributed by atoms with E-state index in [0.29, 0.717) is 5.41 Å². The lowest BCUT2D eigenvalue weighted by molar-refractivity contribution is 0.411. The van der Waals surface area contributed by atoms with E-state index in [4.69, 9.17) is 0 Å². The summed E-state index contributed by atoms with van der Waals surface area (Å²) in [5.74, 6) is 2.22. The van der Waals surface area contributed by atoms with Crippen molar-refractivity contribution in [2.75, 3.05) is 11.6 Å². The molecule has 0 fully saturated rings. The van der Waals surface area contributed by atoms with Crippen molar-refractivity contribution in [3.05, 3.63) is 35.4 Å². The van der Waals surface area contributed by atoms with Gasteiger partial charge in [-0.2, -0.15) is 0 Å². The zero-order valence-electron chi connectivity index (χ0n) is 11.5. The minimum Gasteiger partial charge on any atom is -0.304 e. The summed E-state index contributed by atoms with van der Waals surface area (Å²) in [5.41, 5.74) is 3.20. The van der Waals surface area contributed by atoms with Crippen LogP contribution in [0.15, 0.2) is 24.3 Å². The van der Waals surface area contributed by atoms with E-state index in [1.165, 1.54) is 16.9 Å². The molecule has 0 aliphatic rings. The Morgan fingerprint density at radius 1 is 1.18 bits per heavy atom. The van der Waals surface area contributed by atoms with Crippen LogP contribution in [0.4, 0.5) is 0 Å². The van der Waals surface area contributed by atoms with Crippen LogP contribution in [0.5, 0.6) is 0 Å². The molecule has 1 nitrogen and oxygen atoms in total. The van der Waals surface area contributed by atoms with Crippen LogP contribution in [0.2, 0.25) is 0 Å². The van der Waals surface area contributed by atoms with Crippen molar-refractivity contribution >= 4 is 11.8 Å². The molecule has 0 spiro atoms. The van der Waals surface area contributed by atoms with Crippen molar-refractivity contribution in [2.24, 2.45) is 5.41 Å². The monoisotopic (exact) mass is 251 g/mol. The predicted octanol–water partition coefficient (Wildman–Crippen LogP) is 4.08. The molecule has 17 heavy (non-hydrogen) atoms. The van der Waals surface area contributed by atoms with Gasteiger partial charge >= 0.3 is 0 Å². The fraction of sp³-hybridized carbons (Fsp3) is 0.600. The molecule has 0 aromatic heterocycles. The molecular formula is C15H25NS. The molecule has 1 aromatic rings. The standard InChI is InChI=1S/C15H25NS/c1-5-17-12-16-11-14-8-6-7-13(9-14)10-15(2,3)4/h6-9,16H,5,10-12H2,1-4H3. The molecular weight excluding hydrogens is 226 g/mol. The van der Waals surface area contributed by atoms with Crippen LogP contribution in [-0.2, 0) is 13.0 Å². The van der Waals surface area contributed by atoms with E-state index in [0.717, 1.165) is 18.8 Å². The maximum absolute atomic E-state index is 3.46. The Morgan fingerprint density at radius 3 is 2.53 bits per heavy atom. The van der Waals surface area contributed by atoms with Crippen molar-refractivity contribution in [3.8, 4) is 0 Å². The second-order valence-corrected chi connectivity index (χ2v) is 6.90. The molecule has 0 bridgehead atoms. The molecule has 0 atom stereocenters. The van der Waals surface area contributed by atoms with Gasteiger partial charge in [-0.1, -0.05) is 52.0 Å². The molecule has 1 N–H and O–H groups in total. The smallest absolute Gasteiger partial charge is 0.0420 e. The van der Waals surface area contributed by atoms with Crippen LogP contribution >= 0.6 is 11.8 Å². The summed E-state index contributed by atoms with van der Waals surface area (Å²) in [5, 5.41) is 3.46. The average molecular weight is 251 g/mol. The fourth-order valence-corrected chi connectivity index (χ4v) is 2.28. The van der Waals surface area contributed by atoms with Crippen LogP contribution in [0.3, 0.4) is 0 Å². The minimum absolute atomic E-state index is 0.365. The van der Waals surface area contributed by atoms with Crippen molar-refractivity contribution in [3.63, 3.8) is 0 Å². The summed E-state index contributed by atoms with van der Waals surface area (Å²) in [7, 11) is 0. The number of hydrogen-bond acceptors (Lipinski definition) is 2. The molecule has 0 aliphatic heterocycles. The first-order chi connectivity index (χ1) is 8.01. The van der Waals surface area contributed by atoms with Gasteiger partial charge in [0.1, 0.15) is 0 Å². The van der Waals surface area contributed by atoms with Crippen LogP contribution in [0, 0.1) is 5.41 Å². The molecule has 0 radical (unpaired) electrons. The summed E-state index contributed by atoms with van der Waals surface area (Å²) in [6, 6.07) is 8.94. The molecule has 0 amide bonds. The van der Waals surface area contributed by atoms with Gasteiger partial charge in [0.15, 0.2) is 0 Å². The minimum atomic E-state index is 0.365. The van der Waals surface area contributed by atoms with Gasteiger partial charge in [0.2, 0.25) is 0 Å². The van der Waals surface area contributed by atoms with Gasteiger partial charge in [0.25, 0.3) is 0 Å². The highest BCUT2D eigenvalue weighted by Crippen LogP contribution is 2.21. The lowest BCUT2D eigenvalue weighted by atomic mass is 9.88. The van der Waals surface area contributed by atoms with Gasteiger partial charge in [-0.15, -0.1) is 11.8 Å². The number of hydrogen-bond donors (Lipinski definition) is 1. The van der Waals surface area contributed by atoms with Crippen LogP contribution in [0.25, 0.3) is 0 Å².